The first-order chi connectivity index (χ1) is 13.1. The highest BCUT2D eigenvalue weighted by Gasteiger charge is 2.18. The highest BCUT2D eigenvalue weighted by Crippen LogP contribution is 2.35. The lowest BCUT2D eigenvalue weighted by atomic mass is 10.0. The highest BCUT2D eigenvalue weighted by molar-refractivity contribution is 5.96. The monoisotopic (exact) mass is 361 g/mol. The second-order valence-corrected chi connectivity index (χ2v) is 6.80. The molecule has 5 nitrogen and oxygen atoms in total. The van der Waals surface area contributed by atoms with E-state index in [4.69, 9.17) is 14.2 Å². The molecule has 138 valence electrons. The number of aryl methyl sites for hydroxylation is 3. The Morgan fingerprint density at radius 1 is 1.11 bits per heavy atom. The number of nitrogens with zero attached hydrogens (tertiary/aromatic N) is 3. The van der Waals surface area contributed by atoms with Crippen molar-refractivity contribution in [2.45, 2.75) is 27.3 Å². The van der Waals surface area contributed by atoms with Crippen LogP contribution in [-0.2, 0) is 11.3 Å². The average molecular weight is 361 g/mol. The van der Waals surface area contributed by atoms with Gasteiger partial charge >= 0.3 is 0 Å². The standard InChI is InChI=1S/C22H23N3O2/c1-14-7-5-6-8-17(14)22-18-9-10-25(11-12-26-4)20(18)13-19(23-22)21-15(2)24-27-16(21)3/h5-10,13H,11-12H2,1-4H3. The van der Waals surface area contributed by atoms with E-state index in [9.17, 15) is 0 Å². The Bertz CT molecular complexity index is 1090. The van der Waals surface area contributed by atoms with Gasteiger partial charge in [0, 0.05) is 30.8 Å². The van der Waals surface area contributed by atoms with Crippen LogP contribution < -0.4 is 0 Å². The molecule has 0 atom stereocenters. The second-order valence-electron chi connectivity index (χ2n) is 6.80. The predicted octanol–water partition coefficient (Wildman–Crippen LogP) is 4.93. The molecule has 0 unspecified atom stereocenters. The molecule has 27 heavy (non-hydrogen) atoms. The van der Waals surface area contributed by atoms with E-state index in [1.807, 2.05) is 13.8 Å². The molecule has 4 aromatic rings. The van der Waals surface area contributed by atoms with Crippen molar-refractivity contribution in [2.24, 2.45) is 0 Å². The summed E-state index contributed by atoms with van der Waals surface area (Å²) in [7, 11) is 1.72. The van der Waals surface area contributed by atoms with Crippen LogP contribution in [0.25, 0.3) is 33.4 Å². The summed E-state index contributed by atoms with van der Waals surface area (Å²) < 4.78 is 12.9. The number of pyridine rings is 1. The van der Waals surface area contributed by atoms with E-state index in [1.54, 1.807) is 7.11 Å². The van der Waals surface area contributed by atoms with Crippen molar-refractivity contribution < 1.29 is 9.26 Å². The molecule has 0 aliphatic carbocycles. The largest absolute Gasteiger partial charge is 0.383 e. The van der Waals surface area contributed by atoms with Gasteiger partial charge in [0.2, 0.25) is 0 Å². The molecular weight excluding hydrogens is 338 g/mol. The lowest BCUT2D eigenvalue weighted by molar-refractivity contribution is 0.188. The smallest absolute Gasteiger partial charge is 0.143 e. The minimum Gasteiger partial charge on any atom is -0.383 e. The van der Waals surface area contributed by atoms with Gasteiger partial charge in [0.05, 0.1) is 34.8 Å². The maximum absolute atomic E-state index is 5.39. The average Bonchev–Trinajstić information content (AvgIpc) is 3.22. The third kappa shape index (κ3) is 3.04. The van der Waals surface area contributed by atoms with Crippen LogP contribution in [0.15, 0.2) is 47.1 Å². The summed E-state index contributed by atoms with van der Waals surface area (Å²) in [4.78, 5) is 5.05. The summed E-state index contributed by atoms with van der Waals surface area (Å²) in [5, 5.41) is 5.25. The SMILES string of the molecule is COCCn1ccc2c(-c3ccccc3C)nc(-c3c(C)noc3C)cc21. The number of rotatable bonds is 5. The van der Waals surface area contributed by atoms with Gasteiger partial charge < -0.3 is 13.8 Å². The number of methoxy groups -OCH3 is 1. The Morgan fingerprint density at radius 2 is 1.93 bits per heavy atom. The fourth-order valence-electron chi connectivity index (χ4n) is 3.59. The van der Waals surface area contributed by atoms with Crippen LogP contribution in [0.5, 0.6) is 0 Å². The molecule has 0 spiro atoms. The van der Waals surface area contributed by atoms with E-state index in [2.05, 4.69) is 59.2 Å². The summed E-state index contributed by atoms with van der Waals surface area (Å²) in [5.41, 5.74) is 7.16. The van der Waals surface area contributed by atoms with Crippen molar-refractivity contribution in [1.29, 1.82) is 0 Å². The van der Waals surface area contributed by atoms with Gasteiger partial charge in [0.15, 0.2) is 0 Å². The molecular formula is C22H23N3O2. The molecule has 5 heteroatoms. The number of benzene rings is 1. The lowest BCUT2D eigenvalue weighted by Gasteiger charge is -2.12. The van der Waals surface area contributed by atoms with E-state index in [0.717, 1.165) is 51.4 Å². The summed E-state index contributed by atoms with van der Waals surface area (Å²) in [6.45, 7) is 7.45. The molecule has 3 heterocycles. The van der Waals surface area contributed by atoms with Crippen molar-refractivity contribution in [2.75, 3.05) is 13.7 Å². The Morgan fingerprint density at radius 3 is 2.63 bits per heavy atom. The zero-order valence-electron chi connectivity index (χ0n) is 16.1. The van der Waals surface area contributed by atoms with Gasteiger partial charge in [-0.1, -0.05) is 29.4 Å². The van der Waals surface area contributed by atoms with Gasteiger partial charge in [-0.05, 0) is 38.5 Å². The second kappa shape index (κ2) is 7.00. The summed E-state index contributed by atoms with van der Waals surface area (Å²) in [5.74, 6) is 0.782. The van der Waals surface area contributed by atoms with Crippen LogP contribution in [0.1, 0.15) is 17.0 Å². The fourth-order valence-corrected chi connectivity index (χ4v) is 3.59. The molecule has 0 saturated carbocycles. The normalized spacial score (nSPS) is 11.4. The van der Waals surface area contributed by atoms with Gasteiger partial charge in [-0.25, -0.2) is 4.98 Å². The molecule has 4 rings (SSSR count). The molecule has 3 aromatic heterocycles. The highest BCUT2D eigenvalue weighted by atomic mass is 16.5. The van der Waals surface area contributed by atoms with Crippen LogP contribution in [0, 0.1) is 20.8 Å². The van der Waals surface area contributed by atoms with E-state index in [0.29, 0.717) is 6.61 Å². The van der Waals surface area contributed by atoms with Crippen LogP contribution in [-0.4, -0.2) is 28.4 Å². The van der Waals surface area contributed by atoms with Gasteiger partial charge in [0.1, 0.15) is 5.76 Å². The Labute approximate surface area is 158 Å². The number of hydrogen-bond donors (Lipinski definition) is 0. The van der Waals surface area contributed by atoms with E-state index >= 15 is 0 Å². The van der Waals surface area contributed by atoms with Crippen molar-refractivity contribution in [3.63, 3.8) is 0 Å². The quantitative estimate of drug-likeness (QED) is 0.506. The Kier molecular flexibility index (Phi) is 4.54. The Hall–Kier alpha value is -2.92. The molecule has 0 amide bonds. The maximum Gasteiger partial charge on any atom is 0.143 e. The molecule has 0 N–H and O–H groups in total. The first kappa shape index (κ1) is 17.5. The van der Waals surface area contributed by atoms with Crippen molar-refractivity contribution in [3.05, 3.63) is 59.6 Å². The van der Waals surface area contributed by atoms with Crippen LogP contribution in [0.4, 0.5) is 0 Å². The number of ether oxygens (including phenoxy) is 1. The molecule has 0 bridgehead atoms. The zero-order valence-corrected chi connectivity index (χ0v) is 16.1. The minimum atomic E-state index is 0.659. The van der Waals surface area contributed by atoms with Crippen LogP contribution in [0.3, 0.4) is 0 Å². The molecule has 1 aromatic carbocycles. The zero-order chi connectivity index (χ0) is 19.0. The topological polar surface area (TPSA) is 53.1 Å². The van der Waals surface area contributed by atoms with Crippen molar-refractivity contribution >= 4 is 10.9 Å². The minimum absolute atomic E-state index is 0.659. The summed E-state index contributed by atoms with van der Waals surface area (Å²) in [6, 6.07) is 12.6. The van der Waals surface area contributed by atoms with E-state index in [-0.39, 0.29) is 0 Å². The number of hydrogen-bond acceptors (Lipinski definition) is 4. The molecule has 0 aliphatic rings. The number of aromatic nitrogens is 3. The van der Waals surface area contributed by atoms with Crippen molar-refractivity contribution in [1.82, 2.24) is 14.7 Å². The number of fused-ring (bicyclic) bond motifs is 1. The first-order valence-corrected chi connectivity index (χ1v) is 9.08. The van der Waals surface area contributed by atoms with Gasteiger partial charge in [-0.3, -0.25) is 0 Å². The first-order valence-electron chi connectivity index (χ1n) is 9.08. The van der Waals surface area contributed by atoms with Gasteiger partial charge in [-0.2, -0.15) is 0 Å². The molecule has 0 aliphatic heterocycles. The van der Waals surface area contributed by atoms with Crippen molar-refractivity contribution in [3.8, 4) is 22.5 Å². The van der Waals surface area contributed by atoms with Gasteiger partial charge in [0.25, 0.3) is 0 Å². The lowest BCUT2D eigenvalue weighted by Crippen LogP contribution is -2.03. The maximum atomic E-state index is 5.39. The van der Waals surface area contributed by atoms with Crippen LogP contribution >= 0.6 is 0 Å². The molecule has 0 radical (unpaired) electrons. The van der Waals surface area contributed by atoms with Gasteiger partial charge in [-0.15, -0.1) is 0 Å². The molecule has 0 fully saturated rings. The van der Waals surface area contributed by atoms with E-state index in [1.165, 1.54) is 5.56 Å². The Balaban J connectivity index is 2.01. The van der Waals surface area contributed by atoms with Crippen LogP contribution in [0.2, 0.25) is 0 Å². The third-order valence-corrected chi connectivity index (χ3v) is 4.99. The predicted molar refractivity (Wildman–Crippen MR) is 107 cm³/mol. The fraction of sp³-hybridized carbons (Fsp3) is 0.273. The molecule has 0 saturated heterocycles. The third-order valence-electron chi connectivity index (χ3n) is 4.99. The summed E-state index contributed by atoms with van der Waals surface area (Å²) in [6.07, 6.45) is 2.10. The van der Waals surface area contributed by atoms with E-state index < -0.39 is 0 Å². The summed E-state index contributed by atoms with van der Waals surface area (Å²) >= 11 is 0.